The molecule has 1 fully saturated rings. The van der Waals surface area contributed by atoms with E-state index in [1.54, 1.807) is 12.1 Å². The van der Waals surface area contributed by atoms with E-state index in [0.717, 1.165) is 18.4 Å². The lowest BCUT2D eigenvalue weighted by Crippen LogP contribution is -2.17. The molecule has 1 aliphatic carbocycles. The Labute approximate surface area is 138 Å². The van der Waals surface area contributed by atoms with Crippen molar-refractivity contribution >= 4 is 5.97 Å². The van der Waals surface area contributed by atoms with E-state index in [4.69, 9.17) is 0 Å². The minimum atomic E-state index is -0.837. The second-order valence-corrected chi connectivity index (χ2v) is 7.71. The Morgan fingerprint density at radius 3 is 2.22 bits per heavy atom. The third-order valence-electron chi connectivity index (χ3n) is 5.03. The Morgan fingerprint density at radius 1 is 1.04 bits per heavy atom. The molecule has 23 heavy (non-hydrogen) atoms. The second-order valence-electron chi connectivity index (χ2n) is 7.71. The van der Waals surface area contributed by atoms with Crippen LogP contribution >= 0.6 is 0 Å². The van der Waals surface area contributed by atoms with E-state index in [-0.39, 0.29) is 10.8 Å². The Hall–Kier alpha value is -2.09. The topological polar surface area (TPSA) is 37.3 Å². The van der Waals surface area contributed by atoms with Gasteiger partial charge in [0.15, 0.2) is 0 Å². The zero-order valence-electron chi connectivity index (χ0n) is 14.3. The van der Waals surface area contributed by atoms with Crippen molar-refractivity contribution in [3.05, 3.63) is 70.3 Å². The highest BCUT2D eigenvalue weighted by molar-refractivity contribution is 5.90. The fourth-order valence-corrected chi connectivity index (χ4v) is 3.56. The first-order chi connectivity index (χ1) is 10.8. The zero-order chi connectivity index (χ0) is 16.8. The van der Waals surface area contributed by atoms with Gasteiger partial charge in [0.25, 0.3) is 0 Å². The second kappa shape index (κ2) is 5.23. The van der Waals surface area contributed by atoms with Gasteiger partial charge in [-0.25, -0.2) is 4.79 Å². The van der Waals surface area contributed by atoms with Crippen LogP contribution in [0.1, 0.15) is 66.2 Å². The molecule has 0 atom stereocenters. The molecule has 2 aromatic carbocycles. The summed E-state index contributed by atoms with van der Waals surface area (Å²) in [6.45, 7) is 8.80. The van der Waals surface area contributed by atoms with Gasteiger partial charge in [-0.2, -0.15) is 0 Å². The van der Waals surface area contributed by atoms with Crippen LogP contribution in [0.5, 0.6) is 0 Å². The summed E-state index contributed by atoms with van der Waals surface area (Å²) >= 11 is 0. The van der Waals surface area contributed by atoms with Crippen molar-refractivity contribution in [1.29, 1.82) is 0 Å². The number of carbonyl (C=O) groups is 1. The molecule has 0 bridgehead atoms. The summed E-state index contributed by atoms with van der Waals surface area (Å²) in [6.07, 6.45) is 2.04. The van der Waals surface area contributed by atoms with Crippen molar-refractivity contribution in [2.75, 3.05) is 0 Å². The molecule has 0 aromatic heterocycles. The molecule has 0 aliphatic heterocycles. The van der Waals surface area contributed by atoms with Crippen molar-refractivity contribution in [3.8, 4) is 0 Å². The van der Waals surface area contributed by atoms with Crippen LogP contribution in [0.15, 0.2) is 42.5 Å². The summed E-state index contributed by atoms with van der Waals surface area (Å²) in [7, 11) is 0. The lowest BCUT2D eigenvalue weighted by atomic mass is 9.79. The van der Waals surface area contributed by atoms with Crippen LogP contribution in [0.2, 0.25) is 0 Å². The summed E-state index contributed by atoms with van der Waals surface area (Å²) in [5.41, 5.74) is 5.26. The fourth-order valence-electron chi connectivity index (χ4n) is 3.56. The lowest BCUT2D eigenvalue weighted by molar-refractivity contribution is 0.0695. The highest BCUT2D eigenvalue weighted by atomic mass is 16.4. The van der Waals surface area contributed by atoms with E-state index >= 15 is 0 Å². The van der Waals surface area contributed by atoms with Gasteiger partial charge in [0.2, 0.25) is 0 Å². The first kappa shape index (κ1) is 15.8. The largest absolute Gasteiger partial charge is 0.478 e. The number of benzene rings is 2. The average Bonchev–Trinajstić information content (AvgIpc) is 3.27. The third-order valence-corrected chi connectivity index (χ3v) is 5.03. The van der Waals surface area contributed by atoms with Crippen molar-refractivity contribution in [3.63, 3.8) is 0 Å². The molecular formula is C21H24O2. The van der Waals surface area contributed by atoms with Gasteiger partial charge in [-0.3, -0.25) is 0 Å². The summed E-state index contributed by atoms with van der Waals surface area (Å²) in [5, 5.41) is 9.52. The maximum atomic E-state index is 11.6. The molecule has 120 valence electrons. The number of hydrogen-bond donors (Lipinski definition) is 1. The van der Waals surface area contributed by atoms with Gasteiger partial charge >= 0.3 is 5.97 Å². The quantitative estimate of drug-likeness (QED) is 0.859. The van der Waals surface area contributed by atoms with Gasteiger partial charge in [-0.05, 0) is 53.5 Å². The van der Waals surface area contributed by atoms with E-state index in [1.165, 1.54) is 16.7 Å². The van der Waals surface area contributed by atoms with Crippen molar-refractivity contribution in [1.82, 2.24) is 0 Å². The van der Waals surface area contributed by atoms with E-state index in [1.807, 2.05) is 12.1 Å². The lowest BCUT2D eigenvalue weighted by Gasteiger charge is -2.25. The minimum absolute atomic E-state index is 0.116. The van der Waals surface area contributed by atoms with Gasteiger partial charge in [-0.1, -0.05) is 57.2 Å². The highest BCUT2D eigenvalue weighted by Gasteiger charge is 2.48. The standard InChI is InChI=1S/C21H24O2/c1-14-13-15(20(2,3)4)9-10-17(14)21(11-12-21)18-8-6-5-7-16(18)19(22)23/h5-10,13H,11-12H2,1-4H3,(H,22,23). The molecule has 1 saturated carbocycles. The van der Waals surface area contributed by atoms with Crippen molar-refractivity contribution < 1.29 is 9.90 Å². The van der Waals surface area contributed by atoms with E-state index < -0.39 is 5.97 Å². The Balaban J connectivity index is 2.11. The van der Waals surface area contributed by atoms with E-state index in [0.29, 0.717) is 5.56 Å². The van der Waals surface area contributed by atoms with E-state index in [9.17, 15) is 9.90 Å². The molecule has 2 heteroatoms. The first-order valence-electron chi connectivity index (χ1n) is 8.20. The average molecular weight is 308 g/mol. The number of carboxylic acid groups (broad SMARTS) is 1. The third kappa shape index (κ3) is 2.67. The molecule has 1 aliphatic rings. The van der Waals surface area contributed by atoms with Crippen LogP contribution in [0.4, 0.5) is 0 Å². The molecular weight excluding hydrogens is 284 g/mol. The SMILES string of the molecule is Cc1cc(C(C)(C)C)ccc1C1(c2ccccc2C(=O)O)CC1. The maximum absolute atomic E-state index is 11.6. The molecule has 2 nitrogen and oxygen atoms in total. The van der Waals surface area contributed by atoms with Crippen LogP contribution < -0.4 is 0 Å². The molecule has 3 rings (SSSR count). The van der Waals surface area contributed by atoms with Crippen LogP contribution in [0.3, 0.4) is 0 Å². The molecule has 0 spiro atoms. The van der Waals surface area contributed by atoms with Gasteiger partial charge < -0.3 is 5.11 Å². The smallest absolute Gasteiger partial charge is 0.335 e. The molecule has 2 aromatic rings. The predicted molar refractivity (Wildman–Crippen MR) is 93.3 cm³/mol. The van der Waals surface area contributed by atoms with Crippen LogP contribution in [-0.4, -0.2) is 11.1 Å². The number of hydrogen-bond acceptors (Lipinski definition) is 1. The van der Waals surface area contributed by atoms with Crippen LogP contribution in [0.25, 0.3) is 0 Å². The first-order valence-corrected chi connectivity index (χ1v) is 8.20. The number of aryl methyl sites for hydroxylation is 1. The monoisotopic (exact) mass is 308 g/mol. The van der Waals surface area contributed by atoms with Gasteiger partial charge in [0.1, 0.15) is 0 Å². The van der Waals surface area contributed by atoms with Crippen molar-refractivity contribution in [2.24, 2.45) is 0 Å². The van der Waals surface area contributed by atoms with Gasteiger partial charge in [0.05, 0.1) is 5.56 Å². The Bertz CT molecular complexity index is 762. The van der Waals surface area contributed by atoms with Crippen LogP contribution in [-0.2, 0) is 10.8 Å². The Morgan fingerprint density at radius 2 is 1.70 bits per heavy atom. The van der Waals surface area contributed by atoms with E-state index in [2.05, 4.69) is 45.9 Å². The minimum Gasteiger partial charge on any atom is -0.478 e. The molecule has 0 amide bonds. The Kier molecular flexibility index (Phi) is 3.59. The molecule has 1 N–H and O–H groups in total. The van der Waals surface area contributed by atoms with Gasteiger partial charge in [-0.15, -0.1) is 0 Å². The summed E-state index contributed by atoms with van der Waals surface area (Å²) < 4.78 is 0. The number of rotatable bonds is 3. The predicted octanol–water partition coefficient (Wildman–Crippen LogP) is 5.07. The number of carboxylic acids is 1. The molecule has 0 radical (unpaired) electrons. The zero-order valence-corrected chi connectivity index (χ0v) is 14.3. The normalized spacial score (nSPS) is 16.2. The summed E-state index contributed by atoms with van der Waals surface area (Å²) in [5.74, 6) is -0.837. The maximum Gasteiger partial charge on any atom is 0.335 e. The summed E-state index contributed by atoms with van der Waals surface area (Å²) in [6, 6.07) is 14.1. The van der Waals surface area contributed by atoms with Crippen molar-refractivity contribution in [2.45, 2.75) is 51.4 Å². The number of aromatic carboxylic acids is 1. The fraction of sp³-hybridized carbons (Fsp3) is 0.381. The molecule has 0 heterocycles. The van der Waals surface area contributed by atoms with Crippen LogP contribution in [0, 0.1) is 6.92 Å². The molecule has 0 unspecified atom stereocenters. The highest BCUT2D eigenvalue weighted by Crippen LogP contribution is 2.55. The van der Waals surface area contributed by atoms with Gasteiger partial charge in [0, 0.05) is 5.41 Å². The summed E-state index contributed by atoms with van der Waals surface area (Å²) in [4.78, 5) is 11.6. The molecule has 0 saturated heterocycles.